The van der Waals surface area contributed by atoms with Gasteiger partial charge < -0.3 is 0 Å². The Kier molecular flexibility index (Phi) is 11.2. The van der Waals surface area contributed by atoms with Crippen LogP contribution in [0.2, 0.25) is 13.3 Å². The minimum absolute atomic E-state index is 0.936. The van der Waals surface area contributed by atoms with E-state index in [1.54, 1.807) is 0 Å². The molecule has 1 nitrogen and oxygen atoms in total. The van der Waals surface area contributed by atoms with Crippen molar-refractivity contribution in [3.05, 3.63) is 39.8 Å². The minimum atomic E-state index is -2.28. The van der Waals surface area contributed by atoms with E-state index in [1.165, 1.54) is 51.8 Å². The molecule has 1 aromatic carbocycles. The normalized spacial score (nSPS) is 13.5. The third-order valence-electron chi connectivity index (χ3n) is 4.61. The van der Waals surface area contributed by atoms with E-state index in [-0.39, 0.29) is 0 Å². The van der Waals surface area contributed by atoms with Gasteiger partial charge in [0, 0.05) is 0 Å². The van der Waals surface area contributed by atoms with Gasteiger partial charge in [0.25, 0.3) is 0 Å². The van der Waals surface area contributed by atoms with Gasteiger partial charge in [-0.05, 0) is 0 Å². The van der Waals surface area contributed by atoms with Crippen LogP contribution in [0.25, 0.3) is 0 Å². The fourth-order valence-corrected chi connectivity index (χ4v) is 20.2. The van der Waals surface area contributed by atoms with Crippen molar-refractivity contribution in [1.29, 1.82) is 0 Å². The summed E-state index contributed by atoms with van der Waals surface area (Å²) in [4.78, 5) is 0.936. The van der Waals surface area contributed by atoms with Crippen LogP contribution in [-0.2, 0) is 10.8 Å². The molecule has 0 spiro atoms. The molecule has 130 valence electrons. The van der Waals surface area contributed by atoms with E-state index in [1.807, 2.05) is 35.7 Å². The molecule has 23 heavy (non-hydrogen) atoms. The molecule has 0 aliphatic carbocycles. The third-order valence-corrected chi connectivity index (χ3v) is 20.5. The zero-order chi connectivity index (χ0) is 17.0. The first kappa shape index (κ1) is 21.0. The van der Waals surface area contributed by atoms with E-state index in [9.17, 15) is 4.21 Å². The zero-order valence-electron chi connectivity index (χ0n) is 15.2. The average Bonchev–Trinajstić information content (AvgIpc) is 2.61. The van der Waals surface area contributed by atoms with Gasteiger partial charge in [0.15, 0.2) is 0 Å². The third kappa shape index (κ3) is 8.02. The molecule has 0 saturated carbocycles. The Morgan fingerprint density at radius 2 is 1.35 bits per heavy atom. The van der Waals surface area contributed by atoms with Crippen LogP contribution in [0.3, 0.4) is 0 Å². The van der Waals surface area contributed by atoms with Crippen molar-refractivity contribution in [2.75, 3.05) is 0 Å². The van der Waals surface area contributed by atoms with Gasteiger partial charge in [0.2, 0.25) is 0 Å². The van der Waals surface area contributed by atoms with E-state index in [0.717, 1.165) is 4.90 Å². The molecule has 0 fully saturated rings. The van der Waals surface area contributed by atoms with E-state index in [2.05, 4.69) is 24.9 Å². The van der Waals surface area contributed by atoms with E-state index < -0.39 is 29.2 Å². The van der Waals surface area contributed by atoms with Gasteiger partial charge in [-0.25, -0.2) is 0 Å². The van der Waals surface area contributed by atoms with Gasteiger partial charge in [-0.3, -0.25) is 0 Å². The van der Waals surface area contributed by atoms with Crippen LogP contribution in [0.5, 0.6) is 0 Å². The number of hydrogen-bond acceptors (Lipinski definition) is 1. The first-order valence-corrected chi connectivity index (χ1v) is 18.2. The molecule has 1 atom stereocenters. The maximum absolute atomic E-state index is 12.6. The van der Waals surface area contributed by atoms with Gasteiger partial charge in [-0.1, -0.05) is 0 Å². The van der Waals surface area contributed by atoms with Crippen LogP contribution in [0.4, 0.5) is 0 Å². The molecule has 0 amide bonds. The molecule has 0 aliphatic rings. The summed E-state index contributed by atoms with van der Waals surface area (Å²) >= 11 is -2.28. The van der Waals surface area contributed by atoms with Crippen molar-refractivity contribution in [3.63, 3.8) is 0 Å². The second-order valence-electron chi connectivity index (χ2n) is 6.59. The summed E-state index contributed by atoms with van der Waals surface area (Å²) in [5, 5.41) is 2.05. The van der Waals surface area contributed by atoms with E-state index in [4.69, 9.17) is 0 Å². The van der Waals surface area contributed by atoms with Crippen molar-refractivity contribution in [2.45, 2.75) is 77.5 Å². The van der Waals surface area contributed by atoms with Crippen molar-refractivity contribution in [1.82, 2.24) is 0 Å². The number of benzene rings is 1. The number of rotatable bonds is 12. The Morgan fingerprint density at radius 3 is 1.78 bits per heavy atom. The van der Waals surface area contributed by atoms with Gasteiger partial charge in [0.05, 0.1) is 0 Å². The second kappa shape index (κ2) is 12.3. The predicted octanol–water partition coefficient (Wildman–Crippen LogP) is 6.70. The van der Waals surface area contributed by atoms with Crippen LogP contribution < -0.4 is 0 Å². The van der Waals surface area contributed by atoms with E-state index in [0.29, 0.717) is 0 Å². The molecule has 3 heteroatoms. The molecule has 0 bridgehead atoms. The van der Waals surface area contributed by atoms with Crippen molar-refractivity contribution in [2.24, 2.45) is 0 Å². The Hall–Kier alpha value is -0.0913. The topological polar surface area (TPSA) is 17.1 Å². The average molecular weight is 441 g/mol. The first-order chi connectivity index (χ1) is 11.2. The molecule has 0 aliphatic heterocycles. The fraction of sp³-hybridized carbons (Fsp3) is 0.600. The van der Waals surface area contributed by atoms with Crippen LogP contribution in [0, 0.1) is 0 Å². The maximum atomic E-state index is 12.6. The summed E-state index contributed by atoms with van der Waals surface area (Å²) in [5.74, 6) is 0. The first-order valence-electron chi connectivity index (χ1n) is 9.32. The fourth-order valence-electron chi connectivity index (χ4n) is 3.05. The Bertz CT molecular complexity index is 448. The van der Waals surface area contributed by atoms with Crippen molar-refractivity contribution in [3.8, 4) is 0 Å². The summed E-state index contributed by atoms with van der Waals surface area (Å²) in [5.41, 5.74) is 0. The molecule has 1 aromatic rings. The number of unbranched alkanes of at least 4 members (excludes halogenated alkanes) is 3. The van der Waals surface area contributed by atoms with Crippen LogP contribution in [0.1, 0.15) is 59.3 Å². The van der Waals surface area contributed by atoms with E-state index >= 15 is 0 Å². The quantitative estimate of drug-likeness (QED) is 0.330. The van der Waals surface area contributed by atoms with Crippen molar-refractivity contribution < 1.29 is 4.21 Å². The SMILES string of the molecule is CCC[CH2][Sn](/[CH]=C/S(=O)c1ccccc1)([CH2]CCC)[CH2]CCC. The second-order valence-corrected chi connectivity index (χ2v) is 20.9. The molecule has 0 aromatic heterocycles. The summed E-state index contributed by atoms with van der Waals surface area (Å²) in [6.07, 6.45) is 7.91. The predicted molar refractivity (Wildman–Crippen MR) is 107 cm³/mol. The molecule has 1 rings (SSSR count). The van der Waals surface area contributed by atoms with Gasteiger partial charge in [-0.15, -0.1) is 0 Å². The Labute approximate surface area is 150 Å². The van der Waals surface area contributed by atoms with Crippen LogP contribution >= 0.6 is 0 Å². The molecule has 1 unspecified atom stereocenters. The standard InChI is InChI=1S/C8H7OS.3C4H9.Sn/c1-2-10(9)8-6-4-3-5-7-8;3*1-3-4-2;/h1-7H;3*1,3-4H2,2H3;. The Balaban J connectivity index is 2.90. The molecular formula is C20H34OSSn. The Morgan fingerprint density at radius 1 is 0.870 bits per heavy atom. The molecule has 0 radical (unpaired) electrons. The van der Waals surface area contributed by atoms with Gasteiger partial charge in [0.1, 0.15) is 0 Å². The summed E-state index contributed by atoms with van der Waals surface area (Å²) in [6.45, 7) is 6.88. The van der Waals surface area contributed by atoms with Crippen LogP contribution in [0.15, 0.2) is 44.7 Å². The summed E-state index contributed by atoms with van der Waals surface area (Å²) in [6, 6.07) is 9.88. The molecule has 0 heterocycles. The van der Waals surface area contributed by atoms with Crippen molar-refractivity contribution >= 4 is 29.2 Å². The number of hydrogen-bond donors (Lipinski definition) is 0. The van der Waals surface area contributed by atoms with Gasteiger partial charge >= 0.3 is 151 Å². The van der Waals surface area contributed by atoms with Gasteiger partial charge in [-0.2, -0.15) is 0 Å². The monoisotopic (exact) mass is 442 g/mol. The zero-order valence-corrected chi connectivity index (χ0v) is 18.9. The summed E-state index contributed by atoms with van der Waals surface area (Å²) < 4.78 is 19.4. The molecular weight excluding hydrogens is 407 g/mol. The molecule has 0 N–H and O–H groups in total. The van der Waals surface area contributed by atoms with Crippen LogP contribution in [-0.4, -0.2) is 22.6 Å². The molecule has 0 saturated heterocycles. The summed E-state index contributed by atoms with van der Waals surface area (Å²) in [7, 11) is -0.975.